The third kappa shape index (κ3) is 5.44. The van der Waals surface area contributed by atoms with Crippen molar-refractivity contribution >= 4 is 28.9 Å². The summed E-state index contributed by atoms with van der Waals surface area (Å²) in [5.41, 5.74) is 1.37. The molecule has 0 atom stereocenters. The Labute approximate surface area is 179 Å². The number of rotatable bonds is 9. The van der Waals surface area contributed by atoms with E-state index in [4.69, 9.17) is 9.15 Å². The number of thiophene rings is 1. The van der Waals surface area contributed by atoms with Gasteiger partial charge in [-0.15, -0.1) is 21.5 Å². The van der Waals surface area contributed by atoms with E-state index in [9.17, 15) is 9.59 Å². The lowest BCUT2D eigenvalue weighted by molar-refractivity contribution is -0.135. The molecule has 0 aliphatic heterocycles. The van der Waals surface area contributed by atoms with Crippen molar-refractivity contribution in [1.29, 1.82) is 0 Å². The van der Waals surface area contributed by atoms with Crippen LogP contribution in [0.4, 0.5) is 5.69 Å². The second kappa shape index (κ2) is 10.0. The summed E-state index contributed by atoms with van der Waals surface area (Å²) < 4.78 is 10.9. The minimum Gasteiger partial charge on any atom is -0.452 e. The van der Waals surface area contributed by atoms with Gasteiger partial charge in [-0.05, 0) is 42.1 Å². The quantitative estimate of drug-likeness (QED) is 0.482. The number of ether oxygens (including phenoxy) is 1. The summed E-state index contributed by atoms with van der Waals surface area (Å²) in [6.45, 7) is 2.27. The number of hydrogen-bond donors (Lipinski definition) is 0. The highest BCUT2D eigenvalue weighted by Crippen LogP contribution is 2.23. The summed E-state index contributed by atoms with van der Waals surface area (Å²) in [6, 6.07) is 10.8. The molecule has 0 aliphatic rings. The van der Waals surface area contributed by atoms with E-state index in [-0.39, 0.29) is 19.1 Å². The van der Waals surface area contributed by atoms with Gasteiger partial charge >= 0.3 is 5.97 Å². The molecule has 0 N–H and O–H groups in total. The standard InChI is InChI=1S/C21H24N4O4S/c1-4-11-25(13-18-22-23-20(29-18)17-6-5-12-30-17)19(26)14-28-21(27)15-7-9-16(10-8-15)24(2)3/h5-10,12H,4,11,13-14H2,1-3H3. The van der Waals surface area contributed by atoms with Crippen molar-refractivity contribution in [2.45, 2.75) is 19.9 Å². The molecule has 3 aromatic rings. The normalized spacial score (nSPS) is 10.6. The lowest BCUT2D eigenvalue weighted by Gasteiger charge is -2.20. The topological polar surface area (TPSA) is 88.8 Å². The molecule has 0 aliphatic carbocycles. The first-order chi connectivity index (χ1) is 14.5. The van der Waals surface area contributed by atoms with E-state index in [1.807, 2.05) is 55.6 Å². The number of amides is 1. The fourth-order valence-corrected chi connectivity index (χ4v) is 3.38. The molecule has 2 heterocycles. The Morgan fingerprint density at radius 2 is 1.90 bits per heavy atom. The van der Waals surface area contributed by atoms with Gasteiger partial charge in [-0.1, -0.05) is 13.0 Å². The Balaban J connectivity index is 1.58. The summed E-state index contributed by atoms with van der Waals surface area (Å²) in [6.07, 6.45) is 0.748. The van der Waals surface area contributed by atoms with Crippen LogP contribution in [0, 0.1) is 0 Å². The maximum Gasteiger partial charge on any atom is 0.338 e. The second-order valence-corrected chi connectivity index (χ2v) is 7.76. The van der Waals surface area contributed by atoms with Gasteiger partial charge < -0.3 is 19.0 Å². The molecule has 9 heteroatoms. The first-order valence-corrected chi connectivity index (χ1v) is 10.4. The molecular formula is C21H24N4O4S. The lowest BCUT2D eigenvalue weighted by Crippen LogP contribution is -2.35. The number of benzene rings is 1. The number of aromatic nitrogens is 2. The van der Waals surface area contributed by atoms with Gasteiger partial charge in [0.25, 0.3) is 11.8 Å². The van der Waals surface area contributed by atoms with Crippen molar-refractivity contribution in [3.63, 3.8) is 0 Å². The summed E-state index contributed by atoms with van der Waals surface area (Å²) in [5, 5.41) is 9.98. The fourth-order valence-electron chi connectivity index (χ4n) is 2.74. The second-order valence-electron chi connectivity index (χ2n) is 6.81. The van der Waals surface area contributed by atoms with Crippen molar-refractivity contribution in [3.05, 3.63) is 53.2 Å². The minimum atomic E-state index is -0.539. The molecule has 0 radical (unpaired) electrons. The summed E-state index contributed by atoms with van der Waals surface area (Å²) in [7, 11) is 3.84. The Morgan fingerprint density at radius 3 is 2.53 bits per heavy atom. The van der Waals surface area contributed by atoms with Gasteiger partial charge in [0.1, 0.15) is 0 Å². The fraction of sp³-hybridized carbons (Fsp3) is 0.333. The number of anilines is 1. The van der Waals surface area contributed by atoms with E-state index >= 15 is 0 Å². The summed E-state index contributed by atoms with van der Waals surface area (Å²) in [5.74, 6) is -0.0869. The van der Waals surface area contributed by atoms with Crippen LogP contribution in [0.1, 0.15) is 29.6 Å². The predicted molar refractivity (Wildman–Crippen MR) is 114 cm³/mol. The van der Waals surface area contributed by atoms with E-state index in [1.165, 1.54) is 11.3 Å². The molecule has 0 bridgehead atoms. The van der Waals surface area contributed by atoms with Crippen LogP contribution >= 0.6 is 11.3 Å². The molecule has 158 valence electrons. The van der Waals surface area contributed by atoms with Crippen LogP contribution in [0.2, 0.25) is 0 Å². The maximum absolute atomic E-state index is 12.6. The third-order valence-electron chi connectivity index (χ3n) is 4.32. The van der Waals surface area contributed by atoms with Gasteiger partial charge in [-0.2, -0.15) is 0 Å². The SMILES string of the molecule is CCCN(Cc1nnc(-c2cccs2)o1)C(=O)COC(=O)c1ccc(N(C)C)cc1. The molecule has 8 nitrogen and oxygen atoms in total. The average molecular weight is 429 g/mol. The van der Waals surface area contributed by atoms with E-state index in [0.29, 0.717) is 23.9 Å². The van der Waals surface area contributed by atoms with E-state index < -0.39 is 5.97 Å². The molecule has 30 heavy (non-hydrogen) atoms. The maximum atomic E-state index is 12.6. The van der Waals surface area contributed by atoms with Crippen LogP contribution in [0.5, 0.6) is 0 Å². The Hall–Kier alpha value is -3.20. The van der Waals surface area contributed by atoms with Gasteiger partial charge in [0.15, 0.2) is 6.61 Å². The molecule has 1 aromatic carbocycles. The van der Waals surface area contributed by atoms with Crippen LogP contribution in [0.3, 0.4) is 0 Å². The van der Waals surface area contributed by atoms with Crippen molar-refractivity contribution in [2.75, 3.05) is 32.1 Å². The monoisotopic (exact) mass is 428 g/mol. The Bertz CT molecular complexity index is 967. The van der Waals surface area contributed by atoms with E-state index in [1.54, 1.807) is 17.0 Å². The predicted octanol–water partition coefficient (Wildman–Crippen LogP) is 3.46. The molecule has 0 saturated heterocycles. The molecule has 0 fully saturated rings. The first kappa shape index (κ1) is 21.5. The zero-order valence-electron chi connectivity index (χ0n) is 17.2. The molecule has 0 spiro atoms. The highest BCUT2D eigenvalue weighted by Gasteiger charge is 2.19. The zero-order valence-corrected chi connectivity index (χ0v) is 18.0. The number of nitrogens with zero attached hydrogens (tertiary/aromatic N) is 4. The van der Waals surface area contributed by atoms with Crippen molar-refractivity contribution in [3.8, 4) is 10.8 Å². The van der Waals surface area contributed by atoms with Crippen molar-refractivity contribution < 1.29 is 18.7 Å². The molecule has 3 rings (SSSR count). The lowest BCUT2D eigenvalue weighted by atomic mass is 10.2. The van der Waals surface area contributed by atoms with Gasteiger partial charge in [0.2, 0.25) is 5.89 Å². The number of hydrogen-bond acceptors (Lipinski definition) is 8. The van der Waals surface area contributed by atoms with E-state index in [0.717, 1.165) is 17.0 Å². The Morgan fingerprint density at radius 1 is 1.13 bits per heavy atom. The van der Waals surface area contributed by atoms with Crippen LogP contribution < -0.4 is 4.90 Å². The van der Waals surface area contributed by atoms with Gasteiger partial charge in [0, 0.05) is 26.3 Å². The highest BCUT2D eigenvalue weighted by atomic mass is 32.1. The molecule has 0 saturated carbocycles. The minimum absolute atomic E-state index is 0.167. The number of carbonyl (C=O) groups excluding carboxylic acids is 2. The van der Waals surface area contributed by atoms with Crippen LogP contribution in [0.25, 0.3) is 10.8 Å². The number of esters is 1. The first-order valence-electron chi connectivity index (χ1n) is 9.56. The number of carbonyl (C=O) groups is 2. The van der Waals surface area contributed by atoms with Gasteiger partial charge in [-0.25, -0.2) is 4.79 Å². The van der Waals surface area contributed by atoms with Crippen LogP contribution in [-0.4, -0.2) is 54.2 Å². The summed E-state index contributed by atoms with van der Waals surface area (Å²) >= 11 is 1.50. The van der Waals surface area contributed by atoms with Crippen molar-refractivity contribution in [2.24, 2.45) is 0 Å². The molecule has 0 unspecified atom stereocenters. The highest BCUT2D eigenvalue weighted by molar-refractivity contribution is 7.13. The Kier molecular flexibility index (Phi) is 7.18. The average Bonchev–Trinajstić information content (AvgIpc) is 3.43. The molecule has 2 aromatic heterocycles. The van der Waals surface area contributed by atoms with Gasteiger partial charge in [0.05, 0.1) is 17.0 Å². The largest absolute Gasteiger partial charge is 0.452 e. The smallest absolute Gasteiger partial charge is 0.338 e. The van der Waals surface area contributed by atoms with E-state index in [2.05, 4.69) is 10.2 Å². The van der Waals surface area contributed by atoms with Crippen LogP contribution in [-0.2, 0) is 16.1 Å². The van der Waals surface area contributed by atoms with Crippen molar-refractivity contribution in [1.82, 2.24) is 15.1 Å². The van der Waals surface area contributed by atoms with Gasteiger partial charge in [-0.3, -0.25) is 4.79 Å². The zero-order chi connectivity index (χ0) is 21.5. The molecule has 1 amide bonds. The third-order valence-corrected chi connectivity index (χ3v) is 5.18. The van der Waals surface area contributed by atoms with Crippen LogP contribution in [0.15, 0.2) is 46.2 Å². The summed E-state index contributed by atoms with van der Waals surface area (Å²) in [4.78, 5) is 29.2. The molecular weight excluding hydrogens is 404 g/mol.